The maximum absolute atomic E-state index is 9.59. The molecule has 20 heavy (non-hydrogen) atoms. The van der Waals surface area contributed by atoms with Crippen molar-refractivity contribution in [3.8, 4) is 11.5 Å². The molecule has 0 aliphatic carbocycles. The summed E-state index contributed by atoms with van der Waals surface area (Å²) in [7, 11) is 1.55. The molecule has 2 rings (SSSR count). The average molecular weight is 292 g/mol. The highest BCUT2D eigenvalue weighted by Gasteiger charge is 2.08. The zero-order valence-electron chi connectivity index (χ0n) is 11.6. The fourth-order valence-electron chi connectivity index (χ4n) is 1.95. The molecule has 0 aromatic heterocycles. The Kier molecular flexibility index (Phi) is 4.88. The highest BCUT2D eigenvalue weighted by atomic mass is 35.5. The maximum atomic E-state index is 9.59. The van der Waals surface area contributed by atoms with Gasteiger partial charge in [-0.1, -0.05) is 29.8 Å². The third kappa shape index (κ3) is 3.65. The van der Waals surface area contributed by atoms with Crippen molar-refractivity contribution >= 4 is 11.6 Å². The second-order valence-electron chi connectivity index (χ2n) is 4.66. The van der Waals surface area contributed by atoms with Crippen molar-refractivity contribution in [1.82, 2.24) is 5.32 Å². The van der Waals surface area contributed by atoms with E-state index in [1.165, 1.54) is 5.56 Å². The summed E-state index contributed by atoms with van der Waals surface area (Å²) < 4.78 is 5.12. The number of rotatable bonds is 5. The van der Waals surface area contributed by atoms with Gasteiger partial charge in [0.15, 0.2) is 11.5 Å². The summed E-state index contributed by atoms with van der Waals surface area (Å²) in [6, 6.07) is 13.3. The number of hydrogen-bond donors (Lipinski definition) is 2. The van der Waals surface area contributed by atoms with Gasteiger partial charge in [0.1, 0.15) is 0 Å². The minimum atomic E-state index is 0.153. The van der Waals surface area contributed by atoms with Crippen LogP contribution in [0.15, 0.2) is 42.5 Å². The Morgan fingerprint density at radius 3 is 2.55 bits per heavy atom. The minimum absolute atomic E-state index is 0.153. The first kappa shape index (κ1) is 14.7. The van der Waals surface area contributed by atoms with E-state index >= 15 is 0 Å². The Morgan fingerprint density at radius 2 is 1.90 bits per heavy atom. The van der Waals surface area contributed by atoms with Gasteiger partial charge in [-0.05, 0) is 42.3 Å². The molecule has 3 nitrogen and oxygen atoms in total. The lowest BCUT2D eigenvalue weighted by Gasteiger charge is -2.16. The number of hydrogen-bond acceptors (Lipinski definition) is 3. The van der Waals surface area contributed by atoms with Gasteiger partial charge in [0.25, 0.3) is 0 Å². The van der Waals surface area contributed by atoms with Crippen LogP contribution in [0.3, 0.4) is 0 Å². The molecule has 0 aliphatic heterocycles. The number of phenolic OH excluding ortho intramolecular Hbond substituents is 1. The number of nitrogens with one attached hydrogen (secondary N) is 1. The fraction of sp³-hybridized carbons (Fsp3) is 0.250. The zero-order chi connectivity index (χ0) is 14.5. The summed E-state index contributed by atoms with van der Waals surface area (Å²) in [6.07, 6.45) is 0. The van der Waals surface area contributed by atoms with Crippen LogP contribution in [0.5, 0.6) is 11.5 Å². The van der Waals surface area contributed by atoms with Crippen molar-refractivity contribution in [2.45, 2.75) is 19.5 Å². The molecule has 0 radical (unpaired) electrons. The second kappa shape index (κ2) is 6.64. The Hall–Kier alpha value is -1.71. The quantitative estimate of drug-likeness (QED) is 0.878. The summed E-state index contributed by atoms with van der Waals surface area (Å²) >= 11 is 5.86. The Balaban J connectivity index is 2.01. The van der Waals surface area contributed by atoms with Crippen molar-refractivity contribution in [2.24, 2.45) is 0 Å². The lowest BCUT2D eigenvalue weighted by molar-refractivity contribution is 0.372. The predicted octanol–water partition coefficient (Wildman–Crippen LogP) is 3.91. The van der Waals surface area contributed by atoms with E-state index in [4.69, 9.17) is 16.3 Å². The molecule has 1 unspecified atom stereocenters. The summed E-state index contributed by atoms with van der Waals surface area (Å²) in [4.78, 5) is 0. The Morgan fingerprint density at radius 1 is 1.20 bits per heavy atom. The molecular weight excluding hydrogens is 274 g/mol. The predicted molar refractivity (Wildman–Crippen MR) is 81.4 cm³/mol. The van der Waals surface area contributed by atoms with E-state index < -0.39 is 0 Å². The summed E-state index contributed by atoms with van der Waals surface area (Å²) in [6.45, 7) is 2.82. The largest absolute Gasteiger partial charge is 0.504 e. The molecule has 2 aromatic rings. The number of benzene rings is 2. The molecule has 4 heteroatoms. The van der Waals surface area contributed by atoms with Crippen LogP contribution in [-0.4, -0.2) is 12.2 Å². The van der Waals surface area contributed by atoms with Crippen LogP contribution in [0.2, 0.25) is 5.02 Å². The van der Waals surface area contributed by atoms with Crippen LogP contribution < -0.4 is 10.1 Å². The molecule has 0 bridgehead atoms. The van der Waals surface area contributed by atoms with Crippen LogP contribution in [0.25, 0.3) is 0 Å². The van der Waals surface area contributed by atoms with Crippen LogP contribution in [0, 0.1) is 0 Å². The molecule has 0 saturated heterocycles. The third-order valence-corrected chi connectivity index (χ3v) is 3.48. The maximum Gasteiger partial charge on any atom is 0.160 e. The molecule has 0 heterocycles. The summed E-state index contributed by atoms with van der Waals surface area (Å²) in [5.74, 6) is 0.642. The molecule has 0 saturated carbocycles. The highest BCUT2D eigenvalue weighted by Crippen LogP contribution is 2.28. The standard InChI is InChI=1S/C16H18ClNO2/c1-11(13-5-8-15(19)16(9-13)20-2)18-10-12-3-6-14(17)7-4-12/h3-9,11,18-19H,10H2,1-2H3. The van der Waals surface area contributed by atoms with Crippen molar-refractivity contribution < 1.29 is 9.84 Å². The van der Waals surface area contributed by atoms with Crippen LogP contribution in [-0.2, 0) is 6.54 Å². The highest BCUT2D eigenvalue weighted by molar-refractivity contribution is 6.30. The molecule has 0 spiro atoms. The summed E-state index contributed by atoms with van der Waals surface area (Å²) in [5.41, 5.74) is 2.24. The van der Waals surface area contributed by atoms with Crippen LogP contribution in [0.4, 0.5) is 0 Å². The van der Waals surface area contributed by atoms with E-state index in [1.807, 2.05) is 36.4 Å². The van der Waals surface area contributed by atoms with E-state index in [2.05, 4.69) is 12.2 Å². The van der Waals surface area contributed by atoms with Gasteiger partial charge in [-0.2, -0.15) is 0 Å². The lowest BCUT2D eigenvalue weighted by atomic mass is 10.1. The molecule has 0 fully saturated rings. The topological polar surface area (TPSA) is 41.5 Å². The first-order valence-electron chi connectivity index (χ1n) is 6.45. The van der Waals surface area contributed by atoms with E-state index in [9.17, 15) is 5.11 Å². The Labute approximate surface area is 124 Å². The van der Waals surface area contributed by atoms with E-state index in [0.29, 0.717) is 5.75 Å². The SMILES string of the molecule is COc1cc(C(C)NCc2ccc(Cl)cc2)ccc1O. The second-order valence-corrected chi connectivity index (χ2v) is 5.10. The van der Waals surface area contributed by atoms with E-state index in [0.717, 1.165) is 17.1 Å². The Bertz CT molecular complexity index is 569. The number of phenols is 1. The smallest absolute Gasteiger partial charge is 0.160 e. The number of halogens is 1. The average Bonchev–Trinajstić information content (AvgIpc) is 2.47. The molecule has 1 atom stereocenters. The molecule has 0 aliphatic rings. The number of aromatic hydroxyl groups is 1. The van der Waals surface area contributed by atoms with Gasteiger partial charge in [0, 0.05) is 17.6 Å². The van der Waals surface area contributed by atoms with Crippen LogP contribution >= 0.6 is 11.6 Å². The van der Waals surface area contributed by atoms with Crippen molar-refractivity contribution in [2.75, 3.05) is 7.11 Å². The van der Waals surface area contributed by atoms with E-state index in [-0.39, 0.29) is 11.8 Å². The van der Waals surface area contributed by atoms with Gasteiger partial charge in [-0.25, -0.2) is 0 Å². The zero-order valence-corrected chi connectivity index (χ0v) is 12.3. The fourth-order valence-corrected chi connectivity index (χ4v) is 2.08. The molecular formula is C16H18ClNO2. The summed E-state index contributed by atoms with van der Waals surface area (Å²) in [5, 5.41) is 13.8. The number of ether oxygens (including phenoxy) is 1. The van der Waals surface area contributed by atoms with E-state index in [1.54, 1.807) is 13.2 Å². The third-order valence-electron chi connectivity index (χ3n) is 3.23. The van der Waals surface area contributed by atoms with Crippen molar-refractivity contribution in [3.05, 3.63) is 58.6 Å². The first-order valence-corrected chi connectivity index (χ1v) is 6.82. The van der Waals surface area contributed by atoms with Gasteiger partial charge in [-0.3, -0.25) is 0 Å². The molecule has 106 valence electrons. The van der Waals surface area contributed by atoms with Crippen molar-refractivity contribution in [3.63, 3.8) is 0 Å². The first-order chi connectivity index (χ1) is 9.60. The van der Waals surface area contributed by atoms with Crippen LogP contribution in [0.1, 0.15) is 24.1 Å². The normalized spacial score (nSPS) is 12.2. The lowest BCUT2D eigenvalue weighted by Crippen LogP contribution is -2.18. The monoisotopic (exact) mass is 291 g/mol. The minimum Gasteiger partial charge on any atom is -0.504 e. The van der Waals surface area contributed by atoms with Gasteiger partial charge in [0.2, 0.25) is 0 Å². The molecule has 0 amide bonds. The molecule has 2 aromatic carbocycles. The number of methoxy groups -OCH3 is 1. The van der Waals surface area contributed by atoms with Gasteiger partial charge in [0.05, 0.1) is 7.11 Å². The van der Waals surface area contributed by atoms with Crippen molar-refractivity contribution in [1.29, 1.82) is 0 Å². The van der Waals surface area contributed by atoms with Gasteiger partial charge in [-0.15, -0.1) is 0 Å². The van der Waals surface area contributed by atoms with Gasteiger partial charge < -0.3 is 15.2 Å². The van der Waals surface area contributed by atoms with Gasteiger partial charge >= 0.3 is 0 Å². The molecule has 2 N–H and O–H groups in total.